The van der Waals surface area contributed by atoms with Crippen LogP contribution in [-0.2, 0) is 11.0 Å². The van der Waals surface area contributed by atoms with Gasteiger partial charge in [-0.3, -0.25) is 9.69 Å². The molecule has 29 heavy (non-hydrogen) atoms. The Kier molecular flexibility index (Phi) is 7.02. The molecule has 0 aromatic heterocycles. The lowest BCUT2D eigenvalue weighted by atomic mass is 10.0. The van der Waals surface area contributed by atoms with Gasteiger partial charge in [0.05, 0.1) is 17.9 Å². The minimum absolute atomic E-state index is 0.0344. The molecule has 1 saturated heterocycles. The number of phenolic OH excluding ortho intramolecular Hbond substituents is 1. The molecule has 0 aliphatic carbocycles. The van der Waals surface area contributed by atoms with Crippen molar-refractivity contribution in [3.63, 3.8) is 0 Å². The standard InChI is InChI=1S/C19H25F3N4O3/c1-11(18(24)14-5-4-12(8-15(14)27)19(20,21)22)7-16(23)25-13-3-2-6-26(9-13)10-17(28)29/h4-5,7-8,13,25,27H,2-3,6,9-10,23-24H2,1H3,(H,28,29)/b16-7+,18-11-. The highest BCUT2D eigenvalue weighted by molar-refractivity contribution is 5.72. The molecule has 1 aromatic rings. The van der Waals surface area contributed by atoms with E-state index in [-0.39, 0.29) is 23.8 Å². The van der Waals surface area contributed by atoms with Gasteiger partial charge in [0.25, 0.3) is 0 Å². The van der Waals surface area contributed by atoms with Gasteiger partial charge in [0.15, 0.2) is 0 Å². The molecule has 160 valence electrons. The summed E-state index contributed by atoms with van der Waals surface area (Å²) in [5, 5.41) is 21.9. The van der Waals surface area contributed by atoms with Crippen molar-refractivity contribution in [1.82, 2.24) is 10.2 Å². The minimum atomic E-state index is -4.56. The summed E-state index contributed by atoms with van der Waals surface area (Å²) in [7, 11) is 0. The average Bonchev–Trinajstić information content (AvgIpc) is 2.59. The molecule has 1 heterocycles. The van der Waals surface area contributed by atoms with Crippen LogP contribution in [0.1, 0.15) is 30.9 Å². The molecule has 1 aliphatic heterocycles. The third kappa shape index (κ3) is 6.31. The Morgan fingerprint density at radius 1 is 1.38 bits per heavy atom. The van der Waals surface area contributed by atoms with E-state index < -0.39 is 23.5 Å². The number of alkyl halides is 3. The zero-order valence-corrected chi connectivity index (χ0v) is 16.0. The second-order valence-corrected chi connectivity index (χ2v) is 7.04. The quantitative estimate of drug-likeness (QED) is 0.451. The Bertz CT molecular complexity index is 821. The summed E-state index contributed by atoms with van der Waals surface area (Å²) in [6.07, 6.45) is -1.38. The van der Waals surface area contributed by atoms with Crippen molar-refractivity contribution in [3.05, 3.63) is 46.8 Å². The summed E-state index contributed by atoms with van der Waals surface area (Å²) in [5.74, 6) is -1.18. The van der Waals surface area contributed by atoms with E-state index in [1.165, 1.54) is 6.08 Å². The van der Waals surface area contributed by atoms with Crippen molar-refractivity contribution in [1.29, 1.82) is 0 Å². The summed E-state index contributed by atoms with van der Waals surface area (Å²) >= 11 is 0. The fraction of sp³-hybridized carbons (Fsp3) is 0.421. The number of halogens is 3. The van der Waals surface area contributed by atoms with Crippen LogP contribution in [0, 0.1) is 0 Å². The lowest BCUT2D eigenvalue weighted by Gasteiger charge is -2.32. The Morgan fingerprint density at radius 2 is 2.07 bits per heavy atom. The van der Waals surface area contributed by atoms with E-state index in [0.717, 1.165) is 25.0 Å². The predicted molar refractivity (Wildman–Crippen MR) is 102 cm³/mol. The van der Waals surface area contributed by atoms with E-state index in [0.29, 0.717) is 30.5 Å². The van der Waals surface area contributed by atoms with Crippen LogP contribution in [0.3, 0.4) is 0 Å². The number of piperidine rings is 1. The fourth-order valence-electron chi connectivity index (χ4n) is 3.24. The number of aliphatic carboxylic acids is 1. The van der Waals surface area contributed by atoms with Gasteiger partial charge >= 0.3 is 12.1 Å². The van der Waals surface area contributed by atoms with Gasteiger partial charge in [0.1, 0.15) is 5.75 Å². The number of hydrogen-bond acceptors (Lipinski definition) is 6. The summed E-state index contributed by atoms with van der Waals surface area (Å²) in [4.78, 5) is 12.7. The number of nitrogens with two attached hydrogens (primary N) is 2. The summed E-state index contributed by atoms with van der Waals surface area (Å²) in [6.45, 7) is 2.81. The molecule has 1 atom stereocenters. The smallest absolute Gasteiger partial charge is 0.416 e. The number of carboxylic acid groups (broad SMARTS) is 1. The number of rotatable bonds is 6. The first kappa shape index (κ1) is 22.4. The number of carboxylic acids is 1. The van der Waals surface area contributed by atoms with Crippen molar-refractivity contribution in [3.8, 4) is 5.75 Å². The van der Waals surface area contributed by atoms with Gasteiger partial charge in [0.2, 0.25) is 0 Å². The number of aromatic hydroxyl groups is 1. The summed E-state index contributed by atoms with van der Waals surface area (Å²) in [5.41, 5.74) is 11.7. The van der Waals surface area contributed by atoms with Crippen molar-refractivity contribution >= 4 is 11.7 Å². The van der Waals surface area contributed by atoms with Crippen molar-refractivity contribution in [2.45, 2.75) is 32.0 Å². The van der Waals surface area contributed by atoms with E-state index in [9.17, 15) is 23.1 Å². The number of carbonyl (C=O) groups is 1. The number of hydrogen-bond donors (Lipinski definition) is 5. The number of nitrogens with one attached hydrogen (secondary N) is 1. The molecule has 1 unspecified atom stereocenters. The molecule has 10 heteroatoms. The third-order valence-corrected chi connectivity index (χ3v) is 4.65. The van der Waals surface area contributed by atoms with Crippen molar-refractivity contribution in [2.24, 2.45) is 11.5 Å². The zero-order valence-electron chi connectivity index (χ0n) is 16.0. The first-order valence-electron chi connectivity index (χ1n) is 9.02. The largest absolute Gasteiger partial charge is 0.507 e. The van der Waals surface area contributed by atoms with Gasteiger partial charge < -0.3 is 27.0 Å². The van der Waals surface area contributed by atoms with Crippen LogP contribution in [0.5, 0.6) is 5.75 Å². The van der Waals surface area contributed by atoms with Gasteiger partial charge in [0, 0.05) is 23.8 Å². The number of benzene rings is 1. The highest BCUT2D eigenvalue weighted by Crippen LogP contribution is 2.34. The Morgan fingerprint density at radius 3 is 2.66 bits per heavy atom. The molecule has 7 N–H and O–H groups in total. The van der Waals surface area contributed by atoms with Gasteiger partial charge in [-0.2, -0.15) is 13.2 Å². The second-order valence-electron chi connectivity index (χ2n) is 7.04. The number of phenols is 1. The minimum Gasteiger partial charge on any atom is -0.507 e. The zero-order chi connectivity index (χ0) is 21.8. The van der Waals surface area contributed by atoms with E-state index in [1.54, 1.807) is 6.92 Å². The molecule has 0 amide bonds. The van der Waals surface area contributed by atoms with Crippen LogP contribution in [0.4, 0.5) is 13.2 Å². The lowest BCUT2D eigenvalue weighted by molar-refractivity contribution is -0.139. The second kappa shape index (κ2) is 9.08. The van der Waals surface area contributed by atoms with Crippen molar-refractivity contribution in [2.75, 3.05) is 19.6 Å². The number of nitrogens with zero attached hydrogens (tertiary/aromatic N) is 1. The van der Waals surface area contributed by atoms with Crippen LogP contribution in [0.25, 0.3) is 5.70 Å². The lowest BCUT2D eigenvalue weighted by Crippen LogP contribution is -2.47. The van der Waals surface area contributed by atoms with Gasteiger partial charge in [-0.25, -0.2) is 0 Å². The summed E-state index contributed by atoms with van der Waals surface area (Å²) in [6, 6.07) is 2.55. The molecule has 0 radical (unpaired) electrons. The van der Waals surface area contributed by atoms with Crippen LogP contribution >= 0.6 is 0 Å². The Labute approximate surface area is 166 Å². The van der Waals surface area contributed by atoms with Crippen LogP contribution in [0.15, 0.2) is 35.7 Å². The first-order chi connectivity index (χ1) is 13.5. The fourth-order valence-corrected chi connectivity index (χ4v) is 3.24. The molecule has 1 aromatic carbocycles. The highest BCUT2D eigenvalue weighted by Gasteiger charge is 2.31. The summed E-state index contributed by atoms with van der Waals surface area (Å²) < 4.78 is 38.2. The molecule has 1 aliphatic rings. The molecule has 0 saturated carbocycles. The maximum absolute atomic E-state index is 12.7. The van der Waals surface area contributed by atoms with E-state index in [4.69, 9.17) is 16.6 Å². The normalized spacial score (nSPS) is 19.6. The van der Waals surface area contributed by atoms with Gasteiger partial charge in [-0.05, 0) is 56.2 Å². The molecular formula is C19H25F3N4O3. The molecular weight excluding hydrogens is 389 g/mol. The van der Waals surface area contributed by atoms with E-state index >= 15 is 0 Å². The van der Waals surface area contributed by atoms with E-state index in [2.05, 4.69) is 5.32 Å². The number of likely N-dealkylation sites (tertiary alicyclic amines) is 1. The first-order valence-corrected chi connectivity index (χ1v) is 9.02. The van der Waals surface area contributed by atoms with Crippen LogP contribution in [0.2, 0.25) is 0 Å². The average molecular weight is 414 g/mol. The van der Waals surface area contributed by atoms with Crippen molar-refractivity contribution < 1.29 is 28.2 Å². The Hall–Kier alpha value is -2.88. The molecule has 1 fully saturated rings. The van der Waals surface area contributed by atoms with Crippen LogP contribution < -0.4 is 16.8 Å². The molecule has 7 nitrogen and oxygen atoms in total. The number of allylic oxidation sites excluding steroid dienone is 2. The van der Waals surface area contributed by atoms with Crippen LogP contribution in [-0.4, -0.2) is 46.8 Å². The molecule has 0 bridgehead atoms. The Balaban J connectivity index is 2.11. The maximum Gasteiger partial charge on any atom is 0.416 e. The predicted octanol–water partition coefficient (Wildman–Crippen LogP) is 2.04. The third-order valence-electron chi connectivity index (χ3n) is 4.65. The maximum atomic E-state index is 12.7. The SMILES string of the molecule is CC(/C=C(\N)NC1CCCN(CC(=O)O)C1)=C(/N)c1ccc(C(F)(F)F)cc1O. The van der Waals surface area contributed by atoms with Gasteiger partial charge in [-0.15, -0.1) is 0 Å². The molecule has 2 rings (SSSR count). The van der Waals surface area contributed by atoms with Gasteiger partial charge in [-0.1, -0.05) is 0 Å². The highest BCUT2D eigenvalue weighted by atomic mass is 19.4. The molecule has 0 spiro atoms. The monoisotopic (exact) mass is 414 g/mol. The topological polar surface area (TPSA) is 125 Å². The van der Waals surface area contributed by atoms with E-state index in [1.807, 2.05) is 4.90 Å².